The van der Waals surface area contributed by atoms with Gasteiger partial charge in [0.2, 0.25) is 5.13 Å². The van der Waals surface area contributed by atoms with E-state index in [1.165, 1.54) is 33.9 Å². The third-order valence-electron chi connectivity index (χ3n) is 7.37. The molecule has 0 N–H and O–H groups in total. The normalized spacial score (nSPS) is 11.9. The quantitative estimate of drug-likeness (QED) is 0.0629. The number of anilines is 1. The summed E-state index contributed by atoms with van der Waals surface area (Å²) in [6.45, 7) is 13.7. The van der Waals surface area contributed by atoms with Crippen LogP contribution in [0.3, 0.4) is 0 Å². The molecule has 4 rings (SSSR count). The third kappa shape index (κ3) is 7.42. The lowest BCUT2D eigenvalue weighted by atomic mass is 10.1. The number of ether oxygens (including phenoxy) is 1. The van der Waals surface area contributed by atoms with Crippen LogP contribution in [0.1, 0.15) is 49.9 Å². The number of benzene rings is 2. The van der Waals surface area contributed by atoms with Crippen molar-refractivity contribution < 1.29 is 14.0 Å². The van der Waals surface area contributed by atoms with Crippen molar-refractivity contribution in [2.24, 2.45) is 10.2 Å². The highest BCUT2D eigenvalue weighted by Gasteiger charge is 2.28. The van der Waals surface area contributed by atoms with Crippen LogP contribution in [0.2, 0.25) is 18.1 Å². The summed E-state index contributed by atoms with van der Waals surface area (Å²) in [6, 6.07) is 21.0. The lowest BCUT2D eigenvalue weighted by Gasteiger charge is -2.28. The molecule has 2 aromatic carbocycles. The molecule has 212 valence electrons. The van der Waals surface area contributed by atoms with E-state index in [0.29, 0.717) is 15.8 Å². The highest BCUT2D eigenvalue weighted by Crippen LogP contribution is 2.35. The van der Waals surface area contributed by atoms with Crippen LogP contribution in [0.25, 0.3) is 9.53 Å². The first-order chi connectivity index (χ1) is 19.4. The Bertz CT molecular complexity index is 1370. The number of thiophene rings is 1. The maximum Gasteiger partial charge on any atom is 0.353 e. The van der Waals surface area contributed by atoms with Crippen molar-refractivity contribution in [3.05, 3.63) is 65.0 Å². The predicted molar refractivity (Wildman–Crippen MR) is 170 cm³/mol. The topological polar surface area (TPSA) is 76.4 Å². The summed E-state index contributed by atoms with van der Waals surface area (Å²) >= 11 is 2.71. The minimum atomic E-state index is -1.57. The fraction of sp³-hybridized carbons (Fsp3) is 0.400. The van der Waals surface area contributed by atoms with E-state index in [-0.39, 0.29) is 5.97 Å². The van der Waals surface area contributed by atoms with E-state index in [1.807, 2.05) is 42.5 Å². The van der Waals surface area contributed by atoms with Crippen molar-refractivity contribution in [2.45, 2.75) is 59.2 Å². The molecule has 0 bridgehead atoms. The van der Waals surface area contributed by atoms with Crippen molar-refractivity contribution in [2.75, 3.05) is 24.6 Å². The Morgan fingerprint density at radius 2 is 1.57 bits per heavy atom. The van der Waals surface area contributed by atoms with E-state index in [1.54, 1.807) is 0 Å². The minimum absolute atomic E-state index is 0.382. The molecule has 0 spiro atoms. The standard InChI is InChI=1S/C30H38N4O3S2Si/c1-6-34(7-2)24-15-13-23(14-16-24)32-33-30-31-28-26(39-30)21-27(38-28)29(35)37-25-17-11-22(12-18-25)19-20-36-40(8-3,9-4)10-5/h11-18,21H,6-10,19-20H2,1-5H3. The fourth-order valence-corrected chi connectivity index (χ4v) is 9.17. The zero-order valence-corrected chi connectivity index (χ0v) is 26.6. The summed E-state index contributed by atoms with van der Waals surface area (Å²) in [4.78, 5) is 20.9. The average molecular weight is 595 g/mol. The van der Waals surface area contributed by atoms with Gasteiger partial charge in [0.15, 0.2) is 8.32 Å². The highest BCUT2D eigenvalue weighted by molar-refractivity contribution is 7.29. The lowest BCUT2D eigenvalue weighted by Crippen LogP contribution is -2.36. The summed E-state index contributed by atoms with van der Waals surface area (Å²) < 4.78 is 12.9. The molecule has 0 unspecified atom stereocenters. The first kappa shape index (κ1) is 30.0. The lowest BCUT2D eigenvalue weighted by molar-refractivity contribution is 0.0740. The molecule has 0 saturated heterocycles. The molecular weight excluding hydrogens is 557 g/mol. The number of fused-ring (bicyclic) bond motifs is 1. The van der Waals surface area contributed by atoms with Gasteiger partial charge in [0, 0.05) is 25.4 Å². The third-order valence-corrected chi connectivity index (χ3v) is 14.1. The molecular formula is C30H38N4O3S2Si. The van der Waals surface area contributed by atoms with Crippen LogP contribution in [0, 0.1) is 0 Å². The monoisotopic (exact) mass is 594 g/mol. The smallest absolute Gasteiger partial charge is 0.353 e. The number of thiazole rings is 1. The van der Waals surface area contributed by atoms with Crippen LogP contribution in [0.5, 0.6) is 5.75 Å². The Kier molecular flexibility index (Phi) is 10.6. The van der Waals surface area contributed by atoms with Crippen LogP contribution in [-0.4, -0.2) is 39.0 Å². The number of aromatic nitrogens is 1. The molecule has 0 fully saturated rings. The summed E-state index contributed by atoms with van der Waals surface area (Å²) in [7, 11) is -1.57. The maximum atomic E-state index is 12.8. The summed E-state index contributed by atoms with van der Waals surface area (Å²) in [6.07, 6.45) is 0.858. The van der Waals surface area contributed by atoms with E-state index in [0.717, 1.165) is 59.5 Å². The second kappa shape index (κ2) is 14.1. The number of nitrogens with zero attached hydrogens (tertiary/aromatic N) is 4. The van der Waals surface area contributed by atoms with Crippen molar-refractivity contribution in [3.63, 3.8) is 0 Å². The van der Waals surface area contributed by atoms with Gasteiger partial charge in [-0.2, -0.15) is 0 Å². The summed E-state index contributed by atoms with van der Waals surface area (Å²) in [5.41, 5.74) is 3.12. The number of azo groups is 1. The van der Waals surface area contributed by atoms with Gasteiger partial charge >= 0.3 is 5.97 Å². The zero-order chi connectivity index (χ0) is 28.5. The van der Waals surface area contributed by atoms with Crippen molar-refractivity contribution >= 4 is 63.0 Å². The van der Waals surface area contributed by atoms with Crippen LogP contribution < -0.4 is 9.64 Å². The molecule has 7 nitrogen and oxygen atoms in total. The van der Waals surface area contributed by atoms with Crippen LogP contribution in [-0.2, 0) is 10.8 Å². The number of carbonyl (C=O) groups is 1. The number of hydrogen-bond acceptors (Lipinski definition) is 9. The molecule has 2 aromatic heterocycles. The van der Waals surface area contributed by atoms with Crippen LogP contribution in [0.15, 0.2) is 64.8 Å². The minimum Gasteiger partial charge on any atom is -0.422 e. The molecule has 4 aromatic rings. The second-order valence-electron chi connectivity index (χ2n) is 9.54. The molecule has 0 aliphatic heterocycles. The molecule has 2 heterocycles. The van der Waals surface area contributed by atoms with Gasteiger partial charge in [-0.3, -0.25) is 0 Å². The Labute approximate surface area is 246 Å². The first-order valence-electron chi connectivity index (χ1n) is 14.0. The van der Waals surface area contributed by atoms with Gasteiger partial charge in [-0.1, -0.05) is 44.2 Å². The summed E-state index contributed by atoms with van der Waals surface area (Å²) in [5, 5.41) is 9.19. The van der Waals surface area contributed by atoms with E-state index in [2.05, 4.69) is 66.9 Å². The molecule has 40 heavy (non-hydrogen) atoms. The molecule has 0 aliphatic rings. The Balaban J connectivity index is 1.31. The van der Waals surface area contributed by atoms with Crippen molar-refractivity contribution in [1.82, 2.24) is 4.98 Å². The number of rotatable bonds is 14. The number of carbonyl (C=O) groups excluding carboxylic acids is 1. The van der Waals surface area contributed by atoms with Gasteiger partial charge in [0.1, 0.15) is 15.5 Å². The summed E-state index contributed by atoms with van der Waals surface area (Å²) in [5.74, 6) is 0.146. The molecule has 0 radical (unpaired) electrons. The molecule has 0 amide bonds. The maximum absolute atomic E-state index is 12.8. The van der Waals surface area contributed by atoms with E-state index >= 15 is 0 Å². The number of hydrogen-bond donors (Lipinski definition) is 0. The van der Waals surface area contributed by atoms with Gasteiger partial charge in [0.05, 0.1) is 10.4 Å². The van der Waals surface area contributed by atoms with E-state index in [4.69, 9.17) is 9.16 Å². The van der Waals surface area contributed by atoms with Crippen molar-refractivity contribution in [1.29, 1.82) is 0 Å². The molecule has 0 aliphatic carbocycles. The van der Waals surface area contributed by atoms with Crippen LogP contribution >= 0.6 is 22.7 Å². The zero-order valence-electron chi connectivity index (χ0n) is 24.0. The SMILES string of the molecule is CCN(CC)c1ccc(N=Nc2nc3sc(C(=O)Oc4ccc(CCO[Si](CC)(CC)CC)cc4)cc3s2)cc1. The van der Waals surface area contributed by atoms with Crippen molar-refractivity contribution in [3.8, 4) is 5.75 Å². The first-order valence-corrected chi connectivity index (χ1v) is 18.2. The Morgan fingerprint density at radius 3 is 2.17 bits per heavy atom. The van der Waals surface area contributed by atoms with Gasteiger partial charge in [-0.05, 0) is 86.4 Å². The molecule has 10 heteroatoms. The largest absolute Gasteiger partial charge is 0.422 e. The van der Waals surface area contributed by atoms with Gasteiger partial charge < -0.3 is 14.1 Å². The highest BCUT2D eigenvalue weighted by atomic mass is 32.1. The Morgan fingerprint density at radius 1 is 0.900 bits per heavy atom. The van der Waals surface area contributed by atoms with Gasteiger partial charge in [-0.25, -0.2) is 9.78 Å². The van der Waals surface area contributed by atoms with E-state index in [9.17, 15) is 4.79 Å². The Hall–Kier alpha value is -2.92. The van der Waals surface area contributed by atoms with E-state index < -0.39 is 8.32 Å². The average Bonchev–Trinajstić information content (AvgIpc) is 3.56. The number of esters is 1. The second-order valence-corrected chi connectivity index (χ2v) is 16.4. The van der Waals surface area contributed by atoms with Crippen LogP contribution in [0.4, 0.5) is 16.5 Å². The van der Waals surface area contributed by atoms with Gasteiger partial charge in [0.25, 0.3) is 0 Å². The fourth-order valence-electron chi connectivity index (χ4n) is 4.61. The van der Waals surface area contributed by atoms with Gasteiger partial charge in [-0.15, -0.1) is 21.6 Å². The molecule has 0 saturated carbocycles. The molecule has 0 atom stereocenters. The predicted octanol–water partition coefficient (Wildman–Crippen LogP) is 9.40.